The van der Waals surface area contributed by atoms with Gasteiger partial charge in [0, 0.05) is 17.7 Å². The van der Waals surface area contributed by atoms with Crippen LogP contribution in [0.1, 0.15) is 78.7 Å². The summed E-state index contributed by atoms with van der Waals surface area (Å²) >= 11 is 0. The Morgan fingerprint density at radius 1 is 0.959 bits per heavy atom. The lowest BCUT2D eigenvalue weighted by atomic mass is 9.72. The molecule has 1 saturated heterocycles. The van der Waals surface area contributed by atoms with Crippen LogP contribution in [0.15, 0.2) is 54.1 Å². The molecule has 3 aromatic rings. The number of halogens is 8. The molecule has 14 heteroatoms. The minimum absolute atomic E-state index is 0.00613. The van der Waals surface area contributed by atoms with E-state index in [2.05, 4.69) is 0 Å². The van der Waals surface area contributed by atoms with Gasteiger partial charge in [0.1, 0.15) is 11.9 Å². The highest BCUT2D eigenvalue weighted by Gasteiger charge is 2.44. The molecule has 0 aromatic heterocycles. The van der Waals surface area contributed by atoms with Crippen molar-refractivity contribution in [2.24, 2.45) is 5.41 Å². The molecule has 5 rings (SSSR count). The summed E-state index contributed by atoms with van der Waals surface area (Å²) in [6, 6.07) is 6.78. The van der Waals surface area contributed by atoms with Crippen LogP contribution in [0.5, 0.6) is 5.75 Å². The molecule has 0 bridgehead atoms. The van der Waals surface area contributed by atoms with Crippen molar-refractivity contribution in [1.29, 1.82) is 0 Å². The fraction of sp³-hybridized carbons (Fsp3) is 0.371. The number of carboxylic acid groups (broad SMARTS) is 1. The molecule has 0 unspecified atom stereocenters. The zero-order chi connectivity index (χ0) is 36.2. The molecule has 2 atom stereocenters. The fourth-order valence-electron chi connectivity index (χ4n) is 6.45. The van der Waals surface area contributed by atoms with Gasteiger partial charge in [0.2, 0.25) is 0 Å². The summed E-state index contributed by atoms with van der Waals surface area (Å²) in [6.45, 7) is 5.37. The predicted octanol–water partition coefficient (Wildman–Crippen LogP) is 9.92. The van der Waals surface area contributed by atoms with E-state index in [0.717, 1.165) is 12.1 Å². The summed E-state index contributed by atoms with van der Waals surface area (Å²) in [5.74, 6) is -4.17. The third kappa shape index (κ3) is 7.09. The van der Waals surface area contributed by atoms with Crippen LogP contribution in [0, 0.1) is 17.0 Å². The lowest BCUT2D eigenvalue weighted by molar-refractivity contribution is -0.143. The van der Waals surface area contributed by atoms with E-state index in [4.69, 9.17) is 9.47 Å². The van der Waals surface area contributed by atoms with Crippen molar-refractivity contribution >= 4 is 17.6 Å². The van der Waals surface area contributed by atoms with E-state index >= 15 is 4.39 Å². The van der Waals surface area contributed by atoms with Crippen molar-refractivity contribution in [3.8, 4) is 16.9 Å². The number of allylic oxidation sites excluding steroid dienone is 1. The number of carboxylic acids is 1. The van der Waals surface area contributed by atoms with E-state index in [1.165, 1.54) is 31.1 Å². The molecule has 1 aliphatic heterocycles. The summed E-state index contributed by atoms with van der Waals surface area (Å²) in [5, 5.41) is 9.17. The van der Waals surface area contributed by atoms with E-state index in [1.54, 1.807) is 6.07 Å². The number of alkyl halides is 6. The average molecular weight is 698 g/mol. The van der Waals surface area contributed by atoms with Crippen LogP contribution in [-0.4, -0.2) is 41.8 Å². The maximum Gasteiger partial charge on any atom is 0.416 e. The van der Waals surface area contributed by atoms with Gasteiger partial charge in [-0.2, -0.15) is 26.3 Å². The number of benzene rings is 3. The predicted molar refractivity (Wildman–Crippen MR) is 162 cm³/mol. The number of carbonyl (C=O) groups excluding carboxylic acids is 1. The van der Waals surface area contributed by atoms with Crippen molar-refractivity contribution in [2.75, 3.05) is 13.7 Å². The Labute approximate surface area is 275 Å². The molecular formula is C35H31F8NO5. The number of hydrogen-bond acceptors (Lipinski definition) is 4. The molecule has 0 saturated carbocycles. The highest BCUT2D eigenvalue weighted by molar-refractivity contribution is 5.89. The zero-order valence-electron chi connectivity index (χ0n) is 26.7. The number of ether oxygens (including phenoxy) is 2. The van der Waals surface area contributed by atoms with Crippen LogP contribution in [-0.2, 0) is 17.1 Å². The summed E-state index contributed by atoms with van der Waals surface area (Å²) in [7, 11) is 1.40. The lowest BCUT2D eigenvalue weighted by Gasteiger charge is -2.36. The van der Waals surface area contributed by atoms with Gasteiger partial charge in [0.25, 0.3) is 0 Å². The number of nitrogens with zero attached hydrogens (tertiary/aromatic N) is 1. The molecule has 1 heterocycles. The first-order chi connectivity index (χ1) is 22.7. The maximum absolute atomic E-state index is 15.1. The normalized spacial score (nSPS) is 19.7. The maximum atomic E-state index is 15.1. The summed E-state index contributed by atoms with van der Waals surface area (Å²) in [4.78, 5) is 25.7. The van der Waals surface area contributed by atoms with Gasteiger partial charge in [-0.1, -0.05) is 26.0 Å². The van der Waals surface area contributed by atoms with Crippen LogP contribution in [0.2, 0.25) is 0 Å². The van der Waals surface area contributed by atoms with Gasteiger partial charge in [0.15, 0.2) is 11.6 Å². The third-order valence-corrected chi connectivity index (χ3v) is 9.01. The van der Waals surface area contributed by atoms with Crippen molar-refractivity contribution in [2.45, 2.75) is 64.5 Å². The second-order valence-corrected chi connectivity index (χ2v) is 12.9. The fourth-order valence-corrected chi connectivity index (χ4v) is 6.45. The average Bonchev–Trinajstić information content (AvgIpc) is 3.29. The first kappa shape index (κ1) is 35.7. The monoisotopic (exact) mass is 697 g/mol. The van der Waals surface area contributed by atoms with Crippen molar-refractivity contribution in [3.63, 3.8) is 0 Å². The van der Waals surface area contributed by atoms with E-state index in [1.807, 2.05) is 13.8 Å². The Kier molecular flexibility index (Phi) is 9.24. The first-order valence-corrected chi connectivity index (χ1v) is 15.1. The quantitative estimate of drug-likeness (QED) is 0.249. The van der Waals surface area contributed by atoms with Gasteiger partial charge in [-0.25, -0.2) is 18.4 Å². The highest BCUT2D eigenvalue weighted by Crippen LogP contribution is 2.47. The Hall–Kier alpha value is -4.62. The molecular weight excluding hydrogens is 666 g/mol. The number of carbonyl (C=O) groups is 2. The second kappa shape index (κ2) is 12.7. The molecule has 262 valence electrons. The van der Waals surface area contributed by atoms with Crippen LogP contribution in [0.25, 0.3) is 16.7 Å². The Morgan fingerprint density at radius 3 is 2.16 bits per heavy atom. The van der Waals surface area contributed by atoms with Gasteiger partial charge < -0.3 is 14.6 Å². The first-order valence-electron chi connectivity index (χ1n) is 15.1. The van der Waals surface area contributed by atoms with Crippen LogP contribution >= 0.6 is 0 Å². The van der Waals surface area contributed by atoms with Crippen LogP contribution in [0.3, 0.4) is 0 Å². The van der Waals surface area contributed by atoms with Gasteiger partial charge in [-0.05, 0) is 90.3 Å². The molecule has 3 aromatic carbocycles. The summed E-state index contributed by atoms with van der Waals surface area (Å²) < 4.78 is 122. The van der Waals surface area contributed by atoms with Gasteiger partial charge in [-0.3, -0.25) is 4.90 Å². The Balaban J connectivity index is 1.56. The van der Waals surface area contributed by atoms with E-state index in [9.17, 15) is 45.4 Å². The molecule has 1 amide bonds. The number of amides is 1. The number of aromatic carboxylic acids is 1. The number of methoxy groups -OCH3 is 1. The minimum atomic E-state index is -5.09. The minimum Gasteiger partial charge on any atom is -0.496 e. The van der Waals surface area contributed by atoms with Gasteiger partial charge in [0.05, 0.1) is 29.8 Å². The third-order valence-electron chi connectivity index (χ3n) is 9.01. The molecule has 6 nitrogen and oxygen atoms in total. The van der Waals surface area contributed by atoms with E-state index in [-0.39, 0.29) is 29.2 Å². The molecule has 1 fully saturated rings. The molecule has 0 radical (unpaired) electrons. The largest absolute Gasteiger partial charge is 0.496 e. The highest BCUT2D eigenvalue weighted by atomic mass is 19.4. The van der Waals surface area contributed by atoms with Crippen molar-refractivity contribution in [3.05, 3.63) is 93.6 Å². The second-order valence-electron chi connectivity index (χ2n) is 12.9. The van der Waals surface area contributed by atoms with Crippen molar-refractivity contribution in [1.82, 2.24) is 4.90 Å². The zero-order valence-corrected chi connectivity index (χ0v) is 26.7. The van der Waals surface area contributed by atoms with Crippen LogP contribution in [0.4, 0.5) is 39.9 Å². The summed E-state index contributed by atoms with van der Waals surface area (Å²) in [6.07, 6.45) is -11.0. The molecule has 2 aliphatic rings. The summed E-state index contributed by atoms with van der Waals surface area (Å²) in [5.41, 5.74) is -2.74. The number of hydrogen-bond donors (Lipinski definition) is 1. The van der Waals surface area contributed by atoms with Crippen molar-refractivity contribution < 1.29 is 59.3 Å². The standard InChI is InChI=1S/C35H31F8NO5/c1-17-30(19-11-21(34(38,39)40)14-22(12-19)35(41,42)43)49-32(47)44(17)16-20-15-33(2,3)10-9-23(20)26-13-18(5-8-27(26)48-4)24-6-7-25(31(45)46)29(37)28(24)36/h5-8,11-14,17,30H,9-10,15-16H2,1-4H3,(H,45,46)/t17-,30-/m0/s1. The Bertz CT molecular complexity index is 1810. The van der Waals surface area contributed by atoms with Crippen LogP contribution < -0.4 is 4.74 Å². The smallest absolute Gasteiger partial charge is 0.416 e. The van der Waals surface area contributed by atoms with Gasteiger partial charge >= 0.3 is 24.4 Å². The number of rotatable bonds is 7. The van der Waals surface area contributed by atoms with E-state index < -0.39 is 70.4 Å². The van der Waals surface area contributed by atoms with E-state index in [0.29, 0.717) is 53.9 Å². The van der Waals surface area contributed by atoms with Gasteiger partial charge in [-0.15, -0.1) is 0 Å². The molecule has 1 N–H and O–H groups in total. The molecule has 49 heavy (non-hydrogen) atoms. The topological polar surface area (TPSA) is 76.1 Å². The SMILES string of the molecule is COc1ccc(-c2ccc(C(=O)O)c(F)c2F)cc1C1=C(CN2C(=O)O[C@H](c3cc(C(F)(F)F)cc(C(F)(F)F)c3)[C@@H]2C)CC(C)(C)CC1. The molecule has 1 aliphatic carbocycles. The Morgan fingerprint density at radius 2 is 1.59 bits per heavy atom. The molecule has 0 spiro atoms. The number of cyclic esters (lactones) is 1. The lowest BCUT2D eigenvalue weighted by Crippen LogP contribution is -2.35.